The van der Waals surface area contributed by atoms with E-state index in [9.17, 15) is 8.42 Å². The summed E-state index contributed by atoms with van der Waals surface area (Å²) in [6.07, 6.45) is 2.36. The zero-order valence-electron chi connectivity index (χ0n) is 12.3. The van der Waals surface area contributed by atoms with Crippen molar-refractivity contribution in [3.05, 3.63) is 18.3 Å². The van der Waals surface area contributed by atoms with Gasteiger partial charge in [0.05, 0.1) is 0 Å². The topological polar surface area (TPSA) is 106 Å². The number of nitrogens with two attached hydrogens (primary N) is 2. The SMILES string of the molecule is CCC(CN)N1CCN(c2ccc(S(N)(=O)=O)cn2)CC1. The zero-order chi connectivity index (χ0) is 15.5. The third-order valence-electron chi connectivity index (χ3n) is 3.95. The van der Waals surface area contributed by atoms with Gasteiger partial charge in [-0.1, -0.05) is 6.92 Å². The molecular formula is C13H23N5O2S. The minimum absolute atomic E-state index is 0.0408. The number of sulfonamides is 1. The highest BCUT2D eigenvalue weighted by Gasteiger charge is 2.22. The molecule has 2 heterocycles. The summed E-state index contributed by atoms with van der Waals surface area (Å²) in [6, 6.07) is 3.64. The maximum absolute atomic E-state index is 11.2. The fourth-order valence-corrected chi connectivity index (χ4v) is 3.08. The van der Waals surface area contributed by atoms with Gasteiger partial charge in [-0.15, -0.1) is 0 Å². The van der Waals surface area contributed by atoms with E-state index in [2.05, 4.69) is 21.7 Å². The fourth-order valence-electron chi connectivity index (χ4n) is 2.62. The third-order valence-corrected chi connectivity index (χ3v) is 4.85. The second-order valence-electron chi connectivity index (χ2n) is 5.22. The number of aromatic nitrogens is 1. The Hall–Kier alpha value is -1.22. The Balaban J connectivity index is 1.99. The first-order valence-electron chi connectivity index (χ1n) is 7.13. The zero-order valence-corrected chi connectivity index (χ0v) is 13.1. The Morgan fingerprint density at radius 1 is 1.29 bits per heavy atom. The minimum atomic E-state index is -3.68. The quantitative estimate of drug-likeness (QED) is 0.765. The molecule has 0 spiro atoms. The maximum atomic E-state index is 11.2. The average molecular weight is 313 g/mol. The average Bonchev–Trinajstić information content (AvgIpc) is 2.48. The number of primary sulfonamides is 1. The van der Waals surface area contributed by atoms with Crippen LogP contribution in [-0.4, -0.2) is 57.1 Å². The van der Waals surface area contributed by atoms with Crippen molar-refractivity contribution < 1.29 is 8.42 Å². The number of anilines is 1. The molecule has 2 rings (SSSR count). The van der Waals surface area contributed by atoms with Crippen LogP contribution in [0.4, 0.5) is 5.82 Å². The van der Waals surface area contributed by atoms with Crippen LogP contribution >= 0.6 is 0 Å². The van der Waals surface area contributed by atoms with Gasteiger partial charge in [0.2, 0.25) is 10.0 Å². The normalized spacial score (nSPS) is 18.7. The standard InChI is InChI=1S/C13H23N5O2S/c1-2-11(9-14)17-5-7-18(8-6-17)13-4-3-12(10-16-13)21(15,19)20/h3-4,10-11H,2,5-9,14H2,1H3,(H2,15,19,20). The van der Waals surface area contributed by atoms with Gasteiger partial charge in [0.1, 0.15) is 10.7 Å². The van der Waals surface area contributed by atoms with Gasteiger partial charge in [-0.3, -0.25) is 4.90 Å². The maximum Gasteiger partial charge on any atom is 0.239 e. The molecule has 1 saturated heterocycles. The van der Waals surface area contributed by atoms with E-state index in [0.717, 1.165) is 38.4 Å². The van der Waals surface area contributed by atoms with Gasteiger partial charge in [-0.05, 0) is 18.6 Å². The summed E-state index contributed by atoms with van der Waals surface area (Å²) in [7, 11) is -3.68. The Bertz CT molecular complexity index is 548. The van der Waals surface area contributed by atoms with Gasteiger partial charge in [0, 0.05) is 45.0 Å². The Morgan fingerprint density at radius 2 is 1.95 bits per heavy atom. The molecule has 118 valence electrons. The van der Waals surface area contributed by atoms with Crippen molar-refractivity contribution in [1.29, 1.82) is 0 Å². The molecule has 0 bridgehead atoms. The molecule has 1 aliphatic heterocycles. The van der Waals surface area contributed by atoms with Crippen molar-refractivity contribution in [1.82, 2.24) is 9.88 Å². The predicted molar refractivity (Wildman–Crippen MR) is 82.5 cm³/mol. The van der Waals surface area contributed by atoms with E-state index in [1.165, 1.54) is 12.3 Å². The molecule has 1 unspecified atom stereocenters. The summed E-state index contributed by atoms with van der Waals surface area (Å²) >= 11 is 0. The molecule has 0 aromatic carbocycles. The van der Waals surface area contributed by atoms with Crippen LogP contribution in [0, 0.1) is 0 Å². The summed E-state index contributed by atoms with van der Waals surface area (Å²) in [5.74, 6) is 0.780. The van der Waals surface area contributed by atoms with Gasteiger partial charge < -0.3 is 10.6 Å². The van der Waals surface area contributed by atoms with Crippen molar-refractivity contribution in [2.24, 2.45) is 10.9 Å². The summed E-state index contributed by atoms with van der Waals surface area (Å²) in [5, 5.41) is 5.07. The Labute approximate surface area is 126 Å². The molecule has 8 heteroatoms. The molecule has 7 nitrogen and oxygen atoms in total. The van der Waals surface area contributed by atoms with Gasteiger partial charge >= 0.3 is 0 Å². The van der Waals surface area contributed by atoms with Gasteiger partial charge in [-0.2, -0.15) is 0 Å². The fraction of sp³-hybridized carbons (Fsp3) is 0.615. The first-order valence-corrected chi connectivity index (χ1v) is 8.68. The highest BCUT2D eigenvalue weighted by atomic mass is 32.2. The molecule has 1 aromatic rings. The van der Waals surface area contributed by atoms with Crippen LogP contribution in [0.25, 0.3) is 0 Å². The second-order valence-corrected chi connectivity index (χ2v) is 6.78. The molecular weight excluding hydrogens is 290 g/mol. The molecule has 4 N–H and O–H groups in total. The monoisotopic (exact) mass is 313 g/mol. The van der Waals surface area contributed by atoms with Crippen molar-refractivity contribution in [3.63, 3.8) is 0 Å². The van der Waals surface area contributed by atoms with Crippen molar-refractivity contribution in [2.75, 3.05) is 37.6 Å². The molecule has 0 radical (unpaired) electrons. The molecule has 1 aliphatic rings. The molecule has 0 saturated carbocycles. The summed E-state index contributed by atoms with van der Waals surface area (Å²) in [6.45, 7) is 6.42. The lowest BCUT2D eigenvalue weighted by Crippen LogP contribution is -2.52. The Kier molecular flexibility index (Phi) is 5.15. The van der Waals surface area contributed by atoms with E-state index in [1.807, 2.05) is 0 Å². The van der Waals surface area contributed by atoms with Crippen LogP contribution in [0.5, 0.6) is 0 Å². The number of pyridine rings is 1. The summed E-state index contributed by atoms with van der Waals surface area (Å²) in [4.78, 5) is 8.79. The van der Waals surface area contributed by atoms with E-state index in [0.29, 0.717) is 12.6 Å². The van der Waals surface area contributed by atoms with E-state index in [-0.39, 0.29) is 4.90 Å². The van der Waals surface area contributed by atoms with E-state index >= 15 is 0 Å². The molecule has 1 fully saturated rings. The smallest absolute Gasteiger partial charge is 0.239 e. The number of nitrogens with zero attached hydrogens (tertiary/aromatic N) is 3. The molecule has 0 amide bonds. The van der Waals surface area contributed by atoms with Crippen LogP contribution in [0.3, 0.4) is 0 Å². The molecule has 1 atom stereocenters. The van der Waals surface area contributed by atoms with Gasteiger partial charge in [0.15, 0.2) is 0 Å². The lowest BCUT2D eigenvalue weighted by molar-refractivity contribution is 0.184. The van der Waals surface area contributed by atoms with E-state index in [1.54, 1.807) is 6.07 Å². The highest BCUT2D eigenvalue weighted by Crippen LogP contribution is 2.17. The van der Waals surface area contributed by atoms with Crippen molar-refractivity contribution in [2.45, 2.75) is 24.3 Å². The van der Waals surface area contributed by atoms with E-state index < -0.39 is 10.0 Å². The van der Waals surface area contributed by atoms with Crippen LogP contribution < -0.4 is 15.8 Å². The summed E-state index contributed by atoms with van der Waals surface area (Å²) < 4.78 is 22.4. The molecule has 21 heavy (non-hydrogen) atoms. The number of hydrogen-bond acceptors (Lipinski definition) is 6. The Morgan fingerprint density at radius 3 is 2.38 bits per heavy atom. The summed E-state index contributed by atoms with van der Waals surface area (Å²) in [5.41, 5.74) is 5.78. The molecule has 0 aliphatic carbocycles. The number of rotatable bonds is 5. The minimum Gasteiger partial charge on any atom is -0.354 e. The second kappa shape index (κ2) is 6.69. The van der Waals surface area contributed by atoms with Crippen LogP contribution in [0.1, 0.15) is 13.3 Å². The van der Waals surface area contributed by atoms with Crippen molar-refractivity contribution >= 4 is 15.8 Å². The third kappa shape index (κ3) is 3.91. The lowest BCUT2D eigenvalue weighted by Gasteiger charge is -2.39. The predicted octanol–water partition coefficient (Wildman–Crippen LogP) is -0.412. The van der Waals surface area contributed by atoms with Crippen LogP contribution in [0.2, 0.25) is 0 Å². The van der Waals surface area contributed by atoms with Crippen molar-refractivity contribution in [3.8, 4) is 0 Å². The van der Waals surface area contributed by atoms with Crippen LogP contribution in [0.15, 0.2) is 23.2 Å². The first kappa shape index (κ1) is 16.2. The van der Waals surface area contributed by atoms with Gasteiger partial charge in [0.25, 0.3) is 0 Å². The van der Waals surface area contributed by atoms with Crippen LogP contribution in [-0.2, 0) is 10.0 Å². The number of hydrogen-bond donors (Lipinski definition) is 2. The highest BCUT2D eigenvalue weighted by molar-refractivity contribution is 7.89. The first-order chi connectivity index (χ1) is 9.95. The molecule has 1 aromatic heterocycles. The van der Waals surface area contributed by atoms with E-state index in [4.69, 9.17) is 10.9 Å². The lowest BCUT2D eigenvalue weighted by atomic mass is 10.1. The largest absolute Gasteiger partial charge is 0.354 e. The number of piperazine rings is 1. The van der Waals surface area contributed by atoms with Gasteiger partial charge in [-0.25, -0.2) is 18.5 Å².